The molecule has 3 unspecified atom stereocenters. The summed E-state index contributed by atoms with van der Waals surface area (Å²) in [6, 6.07) is -0.317. The molecule has 6 nitrogen and oxygen atoms in total. The van der Waals surface area contributed by atoms with Crippen molar-refractivity contribution in [3.63, 3.8) is 0 Å². The lowest BCUT2D eigenvalue weighted by Gasteiger charge is -2.36. The standard InChI is InChI=1S/C14H27NO5S/c1-9(2)20-12-5-6-13(15-14(16)17)11(7-12)8-21(18,19)10(3)4/h9-13,15H,5-8H2,1-4H3,(H,16,17). The number of amides is 1. The molecule has 1 aliphatic carbocycles. The Morgan fingerprint density at radius 3 is 2.38 bits per heavy atom. The molecule has 1 rings (SSSR count). The molecule has 21 heavy (non-hydrogen) atoms. The molecule has 3 atom stereocenters. The minimum Gasteiger partial charge on any atom is -0.465 e. The number of hydrogen-bond donors (Lipinski definition) is 2. The van der Waals surface area contributed by atoms with Crippen molar-refractivity contribution in [2.45, 2.75) is 70.5 Å². The molecule has 1 fully saturated rings. The number of rotatable bonds is 6. The van der Waals surface area contributed by atoms with Gasteiger partial charge in [-0.1, -0.05) is 0 Å². The van der Waals surface area contributed by atoms with E-state index < -0.39 is 21.2 Å². The van der Waals surface area contributed by atoms with Gasteiger partial charge in [-0.05, 0) is 52.9 Å². The third kappa shape index (κ3) is 5.82. The van der Waals surface area contributed by atoms with Crippen molar-refractivity contribution in [3.05, 3.63) is 0 Å². The van der Waals surface area contributed by atoms with Gasteiger partial charge in [0.15, 0.2) is 9.84 Å². The maximum absolute atomic E-state index is 12.1. The average Bonchev–Trinajstić information content (AvgIpc) is 2.30. The highest BCUT2D eigenvalue weighted by Gasteiger charge is 2.36. The van der Waals surface area contributed by atoms with Crippen LogP contribution in [0.5, 0.6) is 0 Å². The molecule has 0 heterocycles. The monoisotopic (exact) mass is 321 g/mol. The highest BCUT2D eigenvalue weighted by atomic mass is 32.2. The van der Waals surface area contributed by atoms with Crippen LogP contribution in [0.1, 0.15) is 47.0 Å². The molecule has 0 radical (unpaired) electrons. The van der Waals surface area contributed by atoms with Gasteiger partial charge in [-0.2, -0.15) is 0 Å². The Kier molecular flexibility index (Phi) is 6.46. The molecule has 1 saturated carbocycles. The van der Waals surface area contributed by atoms with Crippen molar-refractivity contribution >= 4 is 15.9 Å². The van der Waals surface area contributed by atoms with Crippen LogP contribution in [0.2, 0.25) is 0 Å². The van der Waals surface area contributed by atoms with Gasteiger partial charge in [-0.15, -0.1) is 0 Å². The smallest absolute Gasteiger partial charge is 0.404 e. The van der Waals surface area contributed by atoms with Gasteiger partial charge in [0.2, 0.25) is 0 Å². The van der Waals surface area contributed by atoms with Gasteiger partial charge in [0.1, 0.15) is 0 Å². The minimum absolute atomic E-state index is 0.00390. The normalized spacial score (nSPS) is 27.0. The van der Waals surface area contributed by atoms with Gasteiger partial charge in [-0.3, -0.25) is 0 Å². The van der Waals surface area contributed by atoms with E-state index in [9.17, 15) is 13.2 Å². The van der Waals surface area contributed by atoms with E-state index in [0.29, 0.717) is 12.8 Å². The second-order valence-corrected chi connectivity index (χ2v) is 8.92. The average molecular weight is 321 g/mol. The Labute approximate surface area is 127 Å². The number of hydrogen-bond acceptors (Lipinski definition) is 4. The third-order valence-corrected chi connectivity index (χ3v) is 6.20. The van der Waals surface area contributed by atoms with Crippen LogP contribution in [-0.4, -0.2) is 48.9 Å². The molecule has 0 aliphatic heterocycles. The first kappa shape index (κ1) is 18.2. The Hall–Kier alpha value is -0.820. The lowest BCUT2D eigenvalue weighted by molar-refractivity contribution is -0.0275. The molecule has 0 bridgehead atoms. The second kappa shape index (κ2) is 7.45. The zero-order valence-corrected chi connectivity index (χ0v) is 14.0. The van der Waals surface area contributed by atoms with Crippen LogP contribution >= 0.6 is 0 Å². The first-order valence-corrected chi connectivity index (χ1v) is 9.19. The fourth-order valence-corrected chi connectivity index (χ4v) is 4.10. The van der Waals surface area contributed by atoms with Crippen molar-refractivity contribution in [1.82, 2.24) is 5.32 Å². The molecule has 0 saturated heterocycles. The Balaban J connectivity index is 2.80. The molecule has 0 aromatic heterocycles. The summed E-state index contributed by atoms with van der Waals surface area (Å²) < 4.78 is 30.1. The van der Waals surface area contributed by atoms with Crippen LogP contribution in [0.4, 0.5) is 4.79 Å². The summed E-state index contributed by atoms with van der Waals surface area (Å²) in [6.07, 6.45) is 0.930. The number of carboxylic acid groups (broad SMARTS) is 1. The zero-order chi connectivity index (χ0) is 16.2. The van der Waals surface area contributed by atoms with E-state index in [1.807, 2.05) is 13.8 Å². The van der Waals surface area contributed by atoms with Gasteiger partial charge >= 0.3 is 6.09 Å². The van der Waals surface area contributed by atoms with Crippen LogP contribution < -0.4 is 5.32 Å². The lowest BCUT2D eigenvalue weighted by atomic mass is 9.84. The third-order valence-electron chi connectivity index (χ3n) is 3.87. The van der Waals surface area contributed by atoms with E-state index in [-0.39, 0.29) is 29.9 Å². The molecule has 0 spiro atoms. The molecule has 0 aromatic carbocycles. The SMILES string of the molecule is CC(C)OC1CCC(NC(=O)O)C(CS(=O)(=O)C(C)C)C1. The fraction of sp³-hybridized carbons (Fsp3) is 0.929. The first-order valence-electron chi connectivity index (χ1n) is 7.48. The largest absolute Gasteiger partial charge is 0.465 e. The van der Waals surface area contributed by atoms with Crippen molar-refractivity contribution < 1.29 is 23.1 Å². The highest BCUT2D eigenvalue weighted by molar-refractivity contribution is 7.91. The van der Waals surface area contributed by atoms with Crippen LogP contribution in [0.3, 0.4) is 0 Å². The predicted octanol–water partition coefficient (Wildman–Crippen LogP) is 2.04. The number of carbonyl (C=O) groups is 1. The van der Waals surface area contributed by atoms with Crippen LogP contribution in [0.25, 0.3) is 0 Å². The Morgan fingerprint density at radius 1 is 1.29 bits per heavy atom. The summed E-state index contributed by atoms with van der Waals surface area (Å²) in [4.78, 5) is 10.9. The molecule has 1 aliphatic rings. The van der Waals surface area contributed by atoms with E-state index in [1.54, 1.807) is 13.8 Å². The Morgan fingerprint density at radius 2 is 1.90 bits per heavy atom. The minimum atomic E-state index is -3.21. The van der Waals surface area contributed by atoms with Crippen molar-refractivity contribution in [2.24, 2.45) is 5.92 Å². The number of sulfone groups is 1. The molecule has 2 N–H and O–H groups in total. The quantitative estimate of drug-likeness (QED) is 0.781. The number of nitrogens with one attached hydrogen (secondary N) is 1. The van der Waals surface area contributed by atoms with Gasteiger partial charge in [0.05, 0.1) is 23.2 Å². The van der Waals surface area contributed by atoms with E-state index in [1.165, 1.54) is 0 Å². The molecular formula is C14H27NO5S. The van der Waals surface area contributed by atoms with Gasteiger partial charge in [0, 0.05) is 6.04 Å². The zero-order valence-electron chi connectivity index (χ0n) is 13.2. The molecule has 1 amide bonds. The first-order chi connectivity index (χ1) is 9.61. The highest BCUT2D eigenvalue weighted by Crippen LogP contribution is 2.29. The van der Waals surface area contributed by atoms with Crippen LogP contribution in [0, 0.1) is 5.92 Å². The topological polar surface area (TPSA) is 92.7 Å². The Bertz CT molecular complexity index is 446. The summed E-state index contributed by atoms with van der Waals surface area (Å²) in [5.41, 5.74) is 0. The van der Waals surface area contributed by atoms with Crippen molar-refractivity contribution in [3.8, 4) is 0 Å². The summed E-state index contributed by atoms with van der Waals surface area (Å²) in [7, 11) is -3.21. The molecule has 7 heteroatoms. The maximum Gasteiger partial charge on any atom is 0.404 e. The van der Waals surface area contributed by atoms with Crippen molar-refractivity contribution in [1.29, 1.82) is 0 Å². The van der Waals surface area contributed by atoms with Crippen molar-refractivity contribution in [2.75, 3.05) is 5.75 Å². The van der Waals surface area contributed by atoms with E-state index >= 15 is 0 Å². The molecular weight excluding hydrogens is 294 g/mol. The summed E-state index contributed by atoms with van der Waals surface area (Å²) in [6.45, 7) is 7.20. The van der Waals surface area contributed by atoms with Crippen LogP contribution in [0.15, 0.2) is 0 Å². The number of ether oxygens (including phenoxy) is 1. The van der Waals surface area contributed by atoms with E-state index in [4.69, 9.17) is 9.84 Å². The summed E-state index contributed by atoms with van der Waals surface area (Å²) in [5.74, 6) is -0.223. The lowest BCUT2D eigenvalue weighted by Crippen LogP contribution is -2.48. The van der Waals surface area contributed by atoms with Gasteiger partial charge in [-0.25, -0.2) is 13.2 Å². The summed E-state index contributed by atoms with van der Waals surface area (Å²) in [5, 5.41) is 10.9. The maximum atomic E-state index is 12.1. The van der Waals surface area contributed by atoms with E-state index in [2.05, 4.69) is 5.32 Å². The predicted molar refractivity (Wildman–Crippen MR) is 81.2 cm³/mol. The second-order valence-electron chi connectivity index (χ2n) is 6.31. The fourth-order valence-electron chi connectivity index (χ4n) is 2.75. The van der Waals surface area contributed by atoms with Crippen LogP contribution in [-0.2, 0) is 14.6 Å². The molecule has 124 valence electrons. The summed E-state index contributed by atoms with van der Waals surface area (Å²) >= 11 is 0. The van der Waals surface area contributed by atoms with Gasteiger partial charge < -0.3 is 15.2 Å². The van der Waals surface area contributed by atoms with Gasteiger partial charge in [0.25, 0.3) is 0 Å². The molecule has 0 aromatic rings. The van der Waals surface area contributed by atoms with E-state index in [0.717, 1.165) is 6.42 Å².